The van der Waals surface area contributed by atoms with Gasteiger partial charge in [0.2, 0.25) is 5.88 Å². The number of amides is 1. The SMILES string of the molecule is COc1ccc(Cn2nnc(/C=C/c3c(O)nc4cc(C(=O)Nc5nc(C(C)(C)C)cs5)ccn4c3=O)n2)cc1. The highest BCUT2D eigenvalue weighted by molar-refractivity contribution is 7.14. The molecule has 0 aliphatic rings. The lowest BCUT2D eigenvalue weighted by molar-refractivity contribution is 0.102. The highest BCUT2D eigenvalue weighted by Crippen LogP contribution is 2.26. The first kappa shape index (κ1) is 26.7. The number of aromatic nitrogens is 7. The van der Waals surface area contributed by atoms with E-state index >= 15 is 0 Å². The molecule has 4 aromatic heterocycles. The molecule has 40 heavy (non-hydrogen) atoms. The van der Waals surface area contributed by atoms with Gasteiger partial charge < -0.3 is 9.84 Å². The third-order valence-electron chi connectivity index (χ3n) is 5.95. The maximum atomic E-state index is 13.1. The van der Waals surface area contributed by atoms with Crippen molar-refractivity contribution in [3.8, 4) is 11.6 Å². The van der Waals surface area contributed by atoms with Gasteiger partial charge in [-0.2, -0.15) is 9.78 Å². The van der Waals surface area contributed by atoms with Crippen molar-refractivity contribution in [2.24, 2.45) is 0 Å². The van der Waals surface area contributed by atoms with Gasteiger partial charge in [-0.15, -0.1) is 21.5 Å². The average molecular weight is 559 g/mol. The summed E-state index contributed by atoms with van der Waals surface area (Å²) in [5.74, 6) is 0.109. The molecule has 0 saturated carbocycles. The molecule has 0 unspecified atom stereocenters. The zero-order valence-electron chi connectivity index (χ0n) is 22.2. The van der Waals surface area contributed by atoms with Crippen LogP contribution in [0.1, 0.15) is 53.8 Å². The maximum absolute atomic E-state index is 13.1. The first-order chi connectivity index (χ1) is 19.1. The van der Waals surface area contributed by atoms with Crippen molar-refractivity contribution in [1.29, 1.82) is 0 Å². The Kier molecular flexibility index (Phi) is 7.13. The van der Waals surface area contributed by atoms with Gasteiger partial charge in [-0.1, -0.05) is 32.9 Å². The molecule has 1 aromatic carbocycles. The van der Waals surface area contributed by atoms with Gasteiger partial charge in [0.1, 0.15) is 17.0 Å². The Labute approximate surface area is 232 Å². The number of carbonyl (C=O) groups is 1. The molecule has 0 spiro atoms. The van der Waals surface area contributed by atoms with Crippen LogP contribution in [-0.2, 0) is 12.0 Å². The van der Waals surface area contributed by atoms with E-state index in [0.29, 0.717) is 11.7 Å². The van der Waals surface area contributed by atoms with E-state index in [-0.39, 0.29) is 28.0 Å². The predicted molar refractivity (Wildman–Crippen MR) is 151 cm³/mol. The number of ether oxygens (including phenoxy) is 1. The van der Waals surface area contributed by atoms with Crippen LogP contribution in [0.3, 0.4) is 0 Å². The van der Waals surface area contributed by atoms with Crippen LogP contribution in [0.4, 0.5) is 5.13 Å². The number of aromatic hydroxyl groups is 1. The Morgan fingerprint density at radius 1 is 1.15 bits per heavy atom. The van der Waals surface area contributed by atoms with Gasteiger partial charge in [-0.25, -0.2) is 4.98 Å². The molecule has 0 aliphatic carbocycles. The number of fused-ring (bicyclic) bond motifs is 1. The van der Waals surface area contributed by atoms with E-state index in [9.17, 15) is 14.7 Å². The third kappa shape index (κ3) is 5.73. The summed E-state index contributed by atoms with van der Waals surface area (Å²) in [5, 5.41) is 27.9. The summed E-state index contributed by atoms with van der Waals surface area (Å²) in [4.78, 5) is 35.9. The Bertz CT molecular complexity index is 1780. The molecule has 0 bridgehead atoms. The standard InChI is InChI=1S/C27H26N8O4S/c1-27(2,3)20-15-40-26(28-20)30-23(36)17-11-12-34-22(13-17)29-24(37)19(25(34)38)9-10-21-31-33-35(32-21)14-16-5-7-18(39-4)8-6-16/h5-13,15,37H,14H2,1-4H3,(H,28,30,36)/b10-9+. The predicted octanol–water partition coefficient (Wildman–Crippen LogP) is 3.62. The minimum atomic E-state index is -0.522. The number of methoxy groups -OCH3 is 1. The van der Waals surface area contributed by atoms with Crippen LogP contribution in [0.25, 0.3) is 17.8 Å². The largest absolute Gasteiger partial charge is 0.497 e. The minimum absolute atomic E-state index is 0.0568. The molecular weight excluding hydrogens is 532 g/mol. The average Bonchev–Trinajstić information content (AvgIpc) is 3.58. The van der Waals surface area contributed by atoms with Crippen LogP contribution in [0, 0.1) is 0 Å². The number of nitrogens with zero attached hydrogens (tertiary/aromatic N) is 7. The fourth-order valence-electron chi connectivity index (χ4n) is 3.71. The van der Waals surface area contributed by atoms with E-state index < -0.39 is 17.3 Å². The van der Waals surface area contributed by atoms with Crippen molar-refractivity contribution >= 4 is 40.2 Å². The molecular formula is C27H26N8O4S. The number of benzene rings is 1. The zero-order valence-corrected chi connectivity index (χ0v) is 23.0. The summed E-state index contributed by atoms with van der Waals surface area (Å²) in [5.41, 5.74) is 1.49. The number of carbonyl (C=O) groups excluding carboxylic acids is 1. The van der Waals surface area contributed by atoms with Crippen molar-refractivity contribution in [2.75, 3.05) is 12.4 Å². The number of rotatable bonds is 7. The molecule has 2 N–H and O–H groups in total. The van der Waals surface area contributed by atoms with Crippen molar-refractivity contribution in [1.82, 2.24) is 34.6 Å². The van der Waals surface area contributed by atoms with Crippen molar-refractivity contribution in [3.63, 3.8) is 0 Å². The maximum Gasteiger partial charge on any atom is 0.269 e. The molecule has 13 heteroatoms. The van der Waals surface area contributed by atoms with Crippen LogP contribution in [-0.4, -0.2) is 52.7 Å². The summed E-state index contributed by atoms with van der Waals surface area (Å²) >= 11 is 1.33. The summed E-state index contributed by atoms with van der Waals surface area (Å²) in [7, 11) is 1.60. The molecule has 204 valence electrons. The Morgan fingerprint density at radius 2 is 1.93 bits per heavy atom. The molecule has 5 aromatic rings. The van der Waals surface area contributed by atoms with Crippen LogP contribution < -0.4 is 15.6 Å². The summed E-state index contributed by atoms with van der Waals surface area (Å²) in [6, 6.07) is 10.4. The third-order valence-corrected chi connectivity index (χ3v) is 6.71. The highest BCUT2D eigenvalue weighted by atomic mass is 32.1. The number of nitrogens with one attached hydrogen (secondary N) is 1. The van der Waals surface area contributed by atoms with Gasteiger partial charge in [0, 0.05) is 22.6 Å². The first-order valence-electron chi connectivity index (χ1n) is 12.2. The molecule has 5 rings (SSSR count). The zero-order chi connectivity index (χ0) is 28.4. The lowest BCUT2D eigenvalue weighted by Crippen LogP contribution is -2.19. The van der Waals surface area contributed by atoms with E-state index in [1.165, 1.54) is 51.0 Å². The number of pyridine rings is 1. The van der Waals surface area contributed by atoms with Gasteiger partial charge in [0.25, 0.3) is 11.5 Å². The van der Waals surface area contributed by atoms with Gasteiger partial charge in [0.05, 0.1) is 19.3 Å². The molecule has 0 fully saturated rings. The van der Waals surface area contributed by atoms with Crippen molar-refractivity contribution in [2.45, 2.75) is 32.7 Å². The summed E-state index contributed by atoms with van der Waals surface area (Å²) in [6.45, 7) is 6.52. The summed E-state index contributed by atoms with van der Waals surface area (Å²) < 4.78 is 6.40. The Hall–Kier alpha value is -4.91. The molecule has 0 atom stereocenters. The van der Waals surface area contributed by atoms with Gasteiger partial charge >= 0.3 is 0 Å². The number of thiazole rings is 1. The fourth-order valence-corrected chi connectivity index (χ4v) is 4.65. The van der Waals surface area contributed by atoms with Crippen molar-refractivity contribution < 1.29 is 14.6 Å². The van der Waals surface area contributed by atoms with Crippen LogP contribution >= 0.6 is 11.3 Å². The van der Waals surface area contributed by atoms with Crippen LogP contribution in [0.2, 0.25) is 0 Å². The first-order valence-corrected chi connectivity index (χ1v) is 13.1. The Balaban J connectivity index is 1.32. The Morgan fingerprint density at radius 3 is 2.62 bits per heavy atom. The second-order valence-electron chi connectivity index (χ2n) is 9.90. The van der Waals surface area contributed by atoms with Gasteiger partial charge in [-0.05, 0) is 47.2 Å². The van der Waals surface area contributed by atoms with Crippen LogP contribution in [0.15, 0.2) is 52.8 Å². The number of hydrogen-bond acceptors (Lipinski definition) is 10. The quantitative estimate of drug-likeness (QED) is 0.305. The second-order valence-corrected chi connectivity index (χ2v) is 10.8. The van der Waals surface area contributed by atoms with E-state index in [1.807, 2.05) is 50.4 Å². The molecule has 0 aliphatic heterocycles. The fraction of sp³-hybridized carbons (Fsp3) is 0.222. The highest BCUT2D eigenvalue weighted by Gasteiger charge is 2.19. The summed E-state index contributed by atoms with van der Waals surface area (Å²) in [6.07, 6.45) is 4.27. The lowest BCUT2D eigenvalue weighted by Gasteiger charge is -2.14. The van der Waals surface area contributed by atoms with Crippen molar-refractivity contribution in [3.05, 3.63) is 86.5 Å². The molecule has 12 nitrogen and oxygen atoms in total. The normalized spacial score (nSPS) is 11.8. The number of anilines is 1. The molecule has 1 amide bonds. The monoisotopic (exact) mass is 558 g/mol. The van der Waals surface area contributed by atoms with Gasteiger partial charge in [-0.3, -0.25) is 19.3 Å². The van der Waals surface area contributed by atoms with E-state index in [1.54, 1.807) is 7.11 Å². The smallest absolute Gasteiger partial charge is 0.269 e. The van der Waals surface area contributed by atoms with Crippen LogP contribution in [0.5, 0.6) is 11.6 Å². The van der Waals surface area contributed by atoms with E-state index in [0.717, 1.165) is 17.0 Å². The second kappa shape index (κ2) is 10.7. The van der Waals surface area contributed by atoms with E-state index in [4.69, 9.17) is 4.74 Å². The van der Waals surface area contributed by atoms with E-state index in [2.05, 4.69) is 30.7 Å². The topological polar surface area (TPSA) is 149 Å². The molecule has 0 radical (unpaired) electrons. The molecule has 0 saturated heterocycles. The lowest BCUT2D eigenvalue weighted by atomic mass is 9.93. The minimum Gasteiger partial charge on any atom is -0.497 e. The van der Waals surface area contributed by atoms with Gasteiger partial charge in [0.15, 0.2) is 11.0 Å². The number of tetrazole rings is 1. The number of hydrogen-bond donors (Lipinski definition) is 2. The molecule has 4 heterocycles.